The van der Waals surface area contributed by atoms with Crippen molar-refractivity contribution in [2.45, 2.75) is 46.0 Å². The van der Waals surface area contributed by atoms with Gasteiger partial charge in [-0.3, -0.25) is 4.79 Å². The van der Waals surface area contributed by atoms with Gasteiger partial charge in [-0.1, -0.05) is 33.8 Å². The molecule has 118 valence electrons. The van der Waals surface area contributed by atoms with Crippen LogP contribution in [-0.2, 0) is 10.2 Å². The molecule has 1 aromatic heterocycles. The van der Waals surface area contributed by atoms with Crippen LogP contribution in [0.3, 0.4) is 0 Å². The molecule has 4 heteroatoms. The molecule has 21 heavy (non-hydrogen) atoms. The summed E-state index contributed by atoms with van der Waals surface area (Å²) in [6.07, 6.45) is 2.31. The van der Waals surface area contributed by atoms with E-state index in [1.54, 1.807) is 11.3 Å². The number of hydrogen-bond acceptors (Lipinski definition) is 3. The molecule has 0 bridgehead atoms. The molecule has 2 N–H and O–H groups in total. The molecular weight excluding hydrogens is 280 g/mol. The second-order valence-electron chi connectivity index (χ2n) is 7.31. The van der Waals surface area contributed by atoms with Crippen LogP contribution in [0.1, 0.15) is 45.4 Å². The Morgan fingerprint density at radius 1 is 1.43 bits per heavy atom. The fourth-order valence-electron chi connectivity index (χ4n) is 2.93. The molecule has 0 aliphatic carbocycles. The van der Waals surface area contributed by atoms with E-state index in [1.165, 1.54) is 11.3 Å². The first-order chi connectivity index (χ1) is 9.84. The smallest absolute Gasteiger partial charge is 0.226 e. The van der Waals surface area contributed by atoms with Crippen molar-refractivity contribution in [3.05, 3.63) is 22.4 Å². The maximum Gasteiger partial charge on any atom is 0.226 e. The van der Waals surface area contributed by atoms with Crippen molar-refractivity contribution in [1.82, 2.24) is 10.6 Å². The van der Waals surface area contributed by atoms with Crippen LogP contribution in [0, 0.1) is 11.3 Å². The molecule has 0 spiro atoms. The molecule has 1 amide bonds. The minimum absolute atomic E-state index is 0.00920. The first-order valence-electron chi connectivity index (χ1n) is 7.87. The van der Waals surface area contributed by atoms with E-state index in [-0.39, 0.29) is 16.7 Å². The largest absolute Gasteiger partial charge is 0.355 e. The highest BCUT2D eigenvalue weighted by atomic mass is 32.1. The van der Waals surface area contributed by atoms with E-state index in [1.807, 2.05) is 0 Å². The van der Waals surface area contributed by atoms with Crippen LogP contribution >= 0.6 is 11.3 Å². The van der Waals surface area contributed by atoms with Crippen molar-refractivity contribution in [1.29, 1.82) is 0 Å². The predicted octanol–water partition coefficient (Wildman–Crippen LogP) is 3.17. The quantitative estimate of drug-likeness (QED) is 0.877. The standard InChI is InChI=1S/C17H28N2OS/c1-16(2,14-8-6-10-21-14)12-19-15(20)17(3,4)13-7-5-9-18-11-13/h6,8,10,13,18H,5,7,9,11-12H2,1-4H3,(H,19,20). The predicted molar refractivity (Wildman–Crippen MR) is 89.7 cm³/mol. The maximum atomic E-state index is 12.6. The number of piperidine rings is 1. The topological polar surface area (TPSA) is 41.1 Å². The van der Waals surface area contributed by atoms with Gasteiger partial charge in [0.15, 0.2) is 0 Å². The third-order valence-electron chi connectivity index (χ3n) is 4.78. The summed E-state index contributed by atoms with van der Waals surface area (Å²) >= 11 is 1.76. The fourth-order valence-corrected chi connectivity index (χ4v) is 3.79. The summed E-state index contributed by atoms with van der Waals surface area (Å²) in [5, 5.41) is 8.69. The number of thiophene rings is 1. The lowest BCUT2D eigenvalue weighted by Gasteiger charge is -2.37. The van der Waals surface area contributed by atoms with Gasteiger partial charge in [-0.25, -0.2) is 0 Å². The van der Waals surface area contributed by atoms with Crippen LogP contribution in [-0.4, -0.2) is 25.5 Å². The van der Waals surface area contributed by atoms with Gasteiger partial charge in [0, 0.05) is 22.3 Å². The van der Waals surface area contributed by atoms with Crippen LogP contribution < -0.4 is 10.6 Å². The van der Waals surface area contributed by atoms with E-state index >= 15 is 0 Å². The molecule has 2 rings (SSSR count). The van der Waals surface area contributed by atoms with Gasteiger partial charge in [0.2, 0.25) is 5.91 Å². The fraction of sp³-hybridized carbons (Fsp3) is 0.706. The first-order valence-corrected chi connectivity index (χ1v) is 8.75. The highest BCUT2D eigenvalue weighted by molar-refractivity contribution is 7.10. The van der Waals surface area contributed by atoms with Crippen molar-refractivity contribution in [2.24, 2.45) is 11.3 Å². The number of carbonyl (C=O) groups is 1. The molecule has 0 aromatic carbocycles. The van der Waals surface area contributed by atoms with Crippen molar-refractivity contribution in [2.75, 3.05) is 19.6 Å². The number of hydrogen-bond donors (Lipinski definition) is 2. The van der Waals surface area contributed by atoms with Crippen LogP contribution in [0.5, 0.6) is 0 Å². The lowest BCUT2D eigenvalue weighted by molar-refractivity contribution is -0.132. The Balaban J connectivity index is 1.94. The highest BCUT2D eigenvalue weighted by Gasteiger charge is 2.37. The van der Waals surface area contributed by atoms with Gasteiger partial charge >= 0.3 is 0 Å². The normalized spacial score (nSPS) is 20.3. The Labute approximate surface area is 132 Å². The Morgan fingerprint density at radius 3 is 2.76 bits per heavy atom. The van der Waals surface area contributed by atoms with Crippen LogP contribution in [0.4, 0.5) is 0 Å². The minimum Gasteiger partial charge on any atom is -0.355 e. The van der Waals surface area contributed by atoms with E-state index < -0.39 is 0 Å². The molecule has 1 saturated heterocycles. The molecular formula is C17H28N2OS. The van der Waals surface area contributed by atoms with Gasteiger partial charge in [-0.05, 0) is 43.3 Å². The summed E-state index contributed by atoms with van der Waals surface area (Å²) in [6, 6.07) is 4.22. The Bertz CT molecular complexity index is 459. The zero-order valence-corrected chi connectivity index (χ0v) is 14.5. The molecule has 1 aromatic rings. The van der Waals surface area contributed by atoms with Gasteiger partial charge < -0.3 is 10.6 Å². The second-order valence-corrected chi connectivity index (χ2v) is 8.26. The molecule has 1 atom stereocenters. The van der Waals surface area contributed by atoms with E-state index in [9.17, 15) is 4.79 Å². The van der Waals surface area contributed by atoms with E-state index in [0.29, 0.717) is 12.5 Å². The molecule has 1 fully saturated rings. The van der Waals surface area contributed by atoms with Crippen molar-refractivity contribution < 1.29 is 4.79 Å². The maximum absolute atomic E-state index is 12.6. The lowest BCUT2D eigenvalue weighted by atomic mass is 9.74. The molecule has 1 aliphatic heterocycles. The third kappa shape index (κ3) is 3.86. The van der Waals surface area contributed by atoms with Crippen molar-refractivity contribution in [3.8, 4) is 0 Å². The molecule has 0 radical (unpaired) electrons. The minimum atomic E-state index is -0.307. The van der Waals surface area contributed by atoms with Gasteiger partial charge in [0.25, 0.3) is 0 Å². The Kier molecular flexibility index (Phi) is 5.10. The van der Waals surface area contributed by atoms with Crippen LogP contribution in [0.2, 0.25) is 0 Å². The summed E-state index contributed by atoms with van der Waals surface area (Å²) in [5.41, 5.74) is -0.316. The van der Waals surface area contributed by atoms with E-state index in [4.69, 9.17) is 0 Å². The molecule has 1 aliphatic rings. The van der Waals surface area contributed by atoms with Gasteiger partial charge in [0.05, 0.1) is 0 Å². The zero-order valence-electron chi connectivity index (χ0n) is 13.7. The van der Waals surface area contributed by atoms with Gasteiger partial charge in [-0.15, -0.1) is 11.3 Å². The van der Waals surface area contributed by atoms with Gasteiger partial charge in [-0.2, -0.15) is 0 Å². The van der Waals surface area contributed by atoms with Crippen LogP contribution in [0.25, 0.3) is 0 Å². The average Bonchev–Trinajstić information content (AvgIpc) is 3.00. The van der Waals surface area contributed by atoms with Gasteiger partial charge in [0.1, 0.15) is 0 Å². The average molecular weight is 308 g/mol. The number of nitrogens with one attached hydrogen (secondary N) is 2. The number of rotatable bonds is 5. The molecule has 3 nitrogen and oxygen atoms in total. The van der Waals surface area contributed by atoms with E-state index in [0.717, 1.165) is 19.5 Å². The summed E-state index contributed by atoms with van der Waals surface area (Å²) in [5.74, 6) is 0.608. The molecule has 2 heterocycles. The Hall–Kier alpha value is -0.870. The number of amides is 1. The van der Waals surface area contributed by atoms with Crippen LogP contribution in [0.15, 0.2) is 17.5 Å². The summed E-state index contributed by atoms with van der Waals surface area (Å²) in [7, 11) is 0. The van der Waals surface area contributed by atoms with E-state index in [2.05, 4.69) is 55.8 Å². The molecule has 0 saturated carbocycles. The lowest BCUT2D eigenvalue weighted by Crippen LogP contribution is -2.49. The van der Waals surface area contributed by atoms with Crippen molar-refractivity contribution in [3.63, 3.8) is 0 Å². The monoisotopic (exact) mass is 308 g/mol. The summed E-state index contributed by atoms with van der Waals surface area (Å²) in [6.45, 7) is 11.3. The zero-order chi connectivity index (χ0) is 15.5. The van der Waals surface area contributed by atoms with Crippen molar-refractivity contribution >= 4 is 17.2 Å². The highest BCUT2D eigenvalue weighted by Crippen LogP contribution is 2.33. The first kappa shape index (κ1) is 16.5. The summed E-state index contributed by atoms with van der Waals surface area (Å²) < 4.78 is 0. The molecule has 1 unspecified atom stereocenters. The third-order valence-corrected chi connectivity index (χ3v) is 6.02. The Morgan fingerprint density at radius 2 is 2.19 bits per heavy atom. The summed E-state index contributed by atoms with van der Waals surface area (Å²) in [4.78, 5) is 14.0. The SMILES string of the molecule is CC(C)(CNC(=O)C(C)(C)C1CCCNC1)c1cccs1. The second kappa shape index (κ2) is 6.49. The number of carbonyl (C=O) groups excluding carboxylic acids is 1.